The molecule has 3 nitrogen and oxygen atoms in total. The van der Waals surface area contributed by atoms with Gasteiger partial charge in [0, 0.05) is 17.3 Å². The molecular formula is C14H10N2OS. The van der Waals surface area contributed by atoms with Crippen LogP contribution >= 0.6 is 11.3 Å². The normalized spacial score (nSPS) is 10.4. The van der Waals surface area contributed by atoms with Crippen molar-refractivity contribution >= 4 is 33.1 Å². The second-order valence-corrected chi connectivity index (χ2v) is 4.86. The zero-order chi connectivity index (χ0) is 12.4. The Labute approximate surface area is 108 Å². The van der Waals surface area contributed by atoms with Crippen LogP contribution < -0.4 is 5.32 Å². The number of pyridine rings is 1. The molecule has 0 bridgehead atoms. The van der Waals surface area contributed by atoms with Gasteiger partial charge in [0.1, 0.15) is 4.83 Å². The Morgan fingerprint density at radius 3 is 2.72 bits per heavy atom. The largest absolute Gasteiger partial charge is 0.321 e. The van der Waals surface area contributed by atoms with Crippen molar-refractivity contribution in [3.05, 3.63) is 59.6 Å². The Balaban J connectivity index is 1.88. The standard InChI is InChI=1S/C14H10N2OS/c17-13(16-11-6-2-1-3-7-11)12-9-10-5-4-8-15-14(10)18-12/h1-9H,(H,16,17). The van der Waals surface area contributed by atoms with Gasteiger partial charge in [-0.25, -0.2) is 4.98 Å². The van der Waals surface area contributed by atoms with E-state index in [9.17, 15) is 4.79 Å². The Morgan fingerprint density at radius 1 is 1.11 bits per heavy atom. The van der Waals surface area contributed by atoms with Crippen molar-refractivity contribution in [1.29, 1.82) is 0 Å². The summed E-state index contributed by atoms with van der Waals surface area (Å²) in [6.07, 6.45) is 1.73. The fraction of sp³-hybridized carbons (Fsp3) is 0. The minimum atomic E-state index is -0.0933. The first-order valence-corrected chi connectivity index (χ1v) is 6.35. The maximum atomic E-state index is 12.1. The van der Waals surface area contributed by atoms with E-state index in [4.69, 9.17) is 0 Å². The molecule has 3 aromatic rings. The van der Waals surface area contributed by atoms with Gasteiger partial charge in [0.05, 0.1) is 4.88 Å². The first-order valence-electron chi connectivity index (χ1n) is 5.54. The first kappa shape index (κ1) is 10.9. The molecule has 1 amide bonds. The summed E-state index contributed by atoms with van der Waals surface area (Å²) in [4.78, 5) is 17.8. The van der Waals surface area contributed by atoms with Crippen LogP contribution in [0, 0.1) is 0 Å². The van der Waals surface area contributed by atoms with Crippen LogP contribution in [0.5, 0.6) is 0 Å². The van der Waals surface area contributed by atoms with Crippen molar-refractivity contribution < 1.29 is 4.79 Å². The van der Waals surface area contributed by atoms with Crippen molar-refractivity contribution in [2.45, 2.75) is 0 Å². The molecule has 4 heteroatoms. The van der Waals surface area contributed by atoms with Gasteiger partial charge in [-0.2, -0.15) is 0 Å². The van der Waals surface area contributed by atoms with Gasteiger partial charge in [-0.05, 0) is 24.3 Å². The van der Waals surface area contributed by atoms with Gasteiger partial charge in [-0.15, -0.1) is 11.3 Å². The number of hydrogen-bond donors (Lipinski definition) is 1. The minimum absolute atomic E-state index is 0.0933. The zero-order valence-electron chi connectivity index (χ0n) is 9.46. The van der Waals surface area contributed by atoms with E-state index in [1.54, 1.807) is 6.20 Å². The molecule has 0 aliphatic rings. The number of benzene rings is 1. The maximum absolute atomic E-state index is 12.1. The number of thiophene rings is 1. The molecule has 0 unspecified atom stereocenters. The predicted octanol–water partition coefficient (Wildman–Crippen LogP) is 3.55. The van der Waals surface area contributed by atoms with Crippen LogP contribution in [0.1, 0.15) is 9.67 Å². The molecule has 1 N–H and O–H groups in total. The van der Waals surface area contributed by atoms with Crippen LogP contribution in [0.2, 0.25) is 0 Å². The van der Waals surface area contributed by atoms with E-state index < -0.39 is 0 Å². The summed E-state index contributed by atoms with van der Waals surface area (Å²) in [7, 11) is 0. The zero-order valence-corrected chi connectivity index (χ0v) is 10.3. The third kappa shape index (κ3) is 2.10. The van der Waals surface area contributed by atoms with Crippen LogP contribution in [0.4, 0.5) is 5.69 Å². The first-order chi connectivity index (χ1) is 8.83. The highest BCUT2D eigenvalue weighted by Crippen LogP contribution is 2.24. The molecule has 0 saturated heterocycles. The molecule has 1 aromatic carbocycles. The van der Waals surface area contributed by atoms with E-state index in [0.717, 1.165) is 15.9 Å². The lowest BCUT2D eigenvalue weighted by Crippen LogP contribution is -2.09. The summed E-state index contributed by atoms with van der Waals surface area (Å²) < 4.78 is 0. The monoisotopic (exact) mass is 254 g/mol. The lowest BCUT2D eigenvalue weighted by Gasteiger charge is -2.01. The van der Waals surface area contributed by atoms with Crippen LogP contribution in [0.25, 0.3) is 10.2 Å². The molecule has 0 aliphatic heterocycles. The molecular weight excluding hydrogens is 244 g/mol. The van der Waals surface area contributed by atoms with Crippen molar-refractivity contribution in [2.75, 3.05) is 5.32 Å². The van der Waals surface area contributed by atoms with E-state index >= 15 is 0 Å². The molecule has 2 heterocycles. The molecule has 2 aromatic heterocycles. The number of nitrogens with one attached hydrogen (secondary N) is 1. The van der Waals surface area contributed by atoms with Crippen LogP contribution in [0.15, 0.2) is 54.7 Å². The Hall–Kier alpha value is -2.20. The number of hydrogen-bond acceptors (Lipinski definition) is 3. The molecule has 0 atom stereocenters. The Morgan fingerprint density at radius 2 is 1.94 bits per heavy atom. The fourth-order valence-corrected chi connectivity index (χ4v) is 2.60. The van der Waals surface area contributed by atoms with E-state index in [-0.39, 0.29) is 5.91 Å². The van der Waals surface area contributed by atoms with Crippen LogP contribution in [-0.4, -0.2) is 10.9 Å². The minimum Gasteiger partial charge on any atom is -0.321 e. The number of carbonyl (C=O) groups excluding carboxylic acids is 1. The molecule has 0 saturated carbocycles. The summed E-state index contributed by atoms with van der Waals surface area (Å²) in [6.45, 7) is 0. The van der Waals surface area contributed by atoms with Crippen molar-refractivity contribution in [3.8, 4) is 0 Å². The van der Waals surface area contributed by atoms with E-state index in [2.05, 4.69) is 10.3 Å². The van der Waals surface area contributed by atoms with Crippen LogP contribution in [-0.2, 0) is 0 Å². The average molecular weight is 254 g/mol. The number of nitrogens with zero attached hydrogens (tertiary/aromatic N) is 1. The van der Waals surface area contributed by atoms with Crippen LogP contribution in [0.3, 0.4) is 0 Å². The highest BCUT2D eigenvalue weighted by Gasteiger charge is 2.10. The second-order valence-electron chi connectivity index (χ2n) is 3.83. The van der Waals surface area contributed by atoms with Crippen molar-refractivity contribution in [3.63, 3.8) is 0 Å². The number of fused-ring (bicyclic) bond motifs is 1. The van der Waals surface area contributed by atoms with Gasteiger partial charge in [-0.1, -0.05) is 24.3 Å². The number of amides is 1. The lowest BCUT2D eigenvalue weighted by atomic mass is 10.3. The summed E-state index contributed by atoms with van der Waals surface area (Å²) in [6, 6.07) is 15.1. The van der Waals surface area contributed by atoms with Gasteiger partial charge in [0.25, 0.3) is 5.91 Å². The van der Waals surface area contributed by atoms with Gasteiger partial charge >= 0.3 is 0 Å². The summed E-state index contributed by atoms with van der Waals surface area (Å²) in [5, 5.41) is 3.86. The number of carbonyl (C=O) groups is 1. The predicted molar refractivity (Wildman–Crippen MR) is 74.0 cm³/mol. The van der Waals surface area contributed by atoms with E-state index in [1.807, 2.05) is 48.5 Å². The highest BCUT2D eigenvalue weighted by molar-refractivity contribution is 7.20. The highest BCUT2D eigenvalue weighted by atomic mass is 32.1. The SMILES string of the molecule is O=C(Nc1ccccc1)c1cc2cccnc2s1. The molecule has 0 aliphatic carbocycles. The Bertz CT molecular complexity index is 658. The van der Waals surface area contributed by atoms with Gasteiger partial charge < -0.3 is 5.32 Å². The number of para-hydroxylation sites is 1. The quantitative estimate of drug-likeness (QED) is 0.760. The fourth-order valence-electron chi connectivity index (χ4n) is 1.70. The van der Waals surface area contributed by atoms with Gasteiger partial charge in [0.15, 0.2) is 0 Å². The average Bonchev–Trinajstić information content (AvgIpc) is 2.84. The maximum Gasteiger partial charge on any atom is 0.265 e. The Kier molecular flexibility index (Phi) is 2.78. The van der Waals surface area contributed by atoms with Crippen molar-refractivity contribution in [1.82, 2.24) is 4.98 Å². The number of aromatic nitrogens is 1. The topological polar surface area (TPSA) is 42.0 Å². The molecule has 88 valence electrons. The number of anilines is 1. The van der Waals surface area contributed by atoms with E-state index in [1.165, 1.54) is 11.3 Å². The lowest BCUT2D eigenvalue weighted by molar-refractivity contribution is 0.103. The van der Waals surface area contributed by atoms with Crippen molar-refractivity contribution in [2.24, 2.45) is 0 Å². The molecule has 18 heavy (non-hydrogen) atoms. The third-order valence-electron chi connectivity index (χ3n) is 2.55. The van der Waals surface area contributed by atoms with Gasteiger partial charge in [0.2, 0.25) is 0 Å². The third-order valence-corrected chi connectivity index (χ3v) is 3.61. The summed E-state index contributed by atoms with van der Waals surface area (Å²) in [5.41, 5.74) is 0.799. The second kappa shape index (κ2) is 4.58. The molecule has 0 spiro atoms. The molecule has 0 radical (unpaired) electrons. The molecule has 3 rings (SSSR count). The summed E-state index contributed by atoms with van der Waals surface area (Å²) in [5.74, 6) is -0.0933. The molecule has 0 fully saturated rings. The smallest absolute Gasteiger partial charge is 0.265 e. The summed E-state index contributed by atoms with van der Waals surface area (Å²) >= 11 is 1.40. The van der Waals surface area contributed by atoms with E-state index in [0.29, 0.717) is 4.88 Å². The number of rotatable bonds is 2. The van der Waals surface area contributed by atoms with Gasteiger partial charge in [-0.3, -0.25) is 4.79 Å².